The molecule has 37 heavy (non-hydrogen) atoms. The summed E-state index contributed by atoms with van der Waals surface area (Å²) in [7, 11) is -3.61. The van der Waals surface area contributed by atoms with Gasteiger partial charge in [-0.3, -0.25) is 13.9 Å². The molecule has 0 unspecified atom stereocenters. The minimum atomic E-state index is -3.61. The molecule has 0 radical (unpaired) electrons. The lowest BCUT2D eigenvalue weighted by Gasteiger charge is -2.32. The lowest BCUT2D eigenvalue weighted by atomic mass is 10.1. The number of carbonyl (C=O) groups is 2. The van der Waals surface area contributed by atoms with Crippen molar-refractivity contribution in [2.45, 2.75) is 72.0 Å². The topological polar surface area (TPSA) is 86.8 Å². The summed E-state index contributed by atoms with van der Waals surface area (Å²) in [6.07, 6.45) is 2.65. The number of anilines is 1. The van der Waals surface area contributed by atoms with Crippen LogP contribution in [-0.2, 0) is 26.2 Å². The zero-order chi connectivity index (χ0) is 27.8. The molecule has 1 N–H and O–H groups in total. The first-order valence-corrected chi connectivity index (χ1v) is 15.1. The minimum absolute atomic E-state index is 0.0249. The predicted octanol–water partition coefficient (Wildman–Crippen LogP) is 5.57. The van der Waals surface area contributed by atoms with Crippen molar-refractivity contribution in [2.75, 3.05) is 17.1 Å². The molecule has 2 amide bonds. The van der Waals surface area contributed by atoms with E-state index in [1.165, 1.54) is 4.31 Å². The predicted molar refractivity (Wildman–Crippen MR) is 152 cm³/mol. The maximum atomic E-state index is 13.5. The van der Waals surface area contributed by atoms with E-state index in [1.807, 2.05) is 39.0 Å². The van der Waals surface area contributed by atoms with Crippen LogP contribution < -0.4 is 9.62 Å². The zero-order valence-corrected chi connectivity index (χ0v) is 24.5. The van der Waals surface area contributed by atoms with E-state index in [-0.39, 0.29) is 43.8 Å². The average Bonchev–Trinajstić information content (AvgIpc) is 2.84. The molecule has 0 aromatic heterocycles. The van der Waals surface area contributed by atoms with Gasteiger partial charge >= 0.3 is 0 Å². The van der Waals surface area contributed by atoms with Gasteiger partial charge in [0.25, 0.3) is 0 Å². The molecular formula is C27H37Cl2N3O4S. The van der Waals surface area contributed by atoms with Crippen molar-refractivity contribution >= 4 is 50.7 Å². The van der Waals surface area contributed by atoms with E-state index in [2.05, 4.69) is 5.32 Å². The monoisotopic (exact) mass is 569 g/mol. The van der Waals surface area contributed by atoms with Crippen LogP contribution in [0.1, 0.15) is 57.6 Å². The van der Waals surface area contributed by atoms with Gasteiger partial charge in [0.1, 0.15) is 6.04 Å². The van der Waals surface area contributed by atoms with E-state index in [9.17, 15) is 18.0 Å². The number of sulfonamides is 1. The van der Waals surface area contributed by atoms with Crippen LogP contribution in [0.2, 0.25) is 10.0 Å². The molecule has 204 valence electrons. The van der Waals surface area contributed by atoms with Gasteiger partial charge in [-0.25, -0.2) is 8.42 Å². The van der Waals surface area contributed by atoms with Gasteiger partial charge in [-0.15, -0.1) is 0 Å². The number of carbonyl (C=O) groups excluding carboxylic acids is 2. The maximum absolute atomic E-state index is 13.5. The molecule has 0 saturated carbocycles. The molecule has 0 fully saturated rings. The number of nitrogens with zero attached hydrogens (tertiary/aromatic N) is 2. The van der Waals surface area contributed by atoms with Crippen molar-refractivity contribution in [2.24, 2.45) is 0 Å². The van der Waals surface area contributed by atoms with Crippen LogP contribution in [0.25, 0.3) is 0 Å². The zero-order valence-electron chi connectivity index (χ0n) is 22.1. The summed E-state index contributed by atoms with van der Waals surface area (Å²) in [4.78, 5) is 28.2. The molecule has 0 aliphatic carbocycles. The van der Waals surface area contributed by atoms with E-state index in [0.717, 1.165) is 18.2 Å². The van der Waals surface area contributed by atoms with Gasteiger partial charge in [-0.05, 0) is 62.4 Å². The van der Waals surface area contributed by atoms with Gasteiger partial charge in [0, 0.05) is 35.6 Å². The fourth-order valence-electron chi connectivity index (χ4n) is 4.02. The summed E-state index contributed by atoms with van der Waals surface area (Å²) < 4.78 is 26.4. The first kappa shape index (κ1) is 30.9. The molecule has 2 atom stereocenters. The Morgan fingerprint density at radius 3 is 2.24 bits per heavy atom. The highest BCUT2D eigenvalue weighted by Crippen LogP contribution is 2.29. The largest absolute Gasteiger partial charge is 0.352 e. The molecule has 7 nitrogen and oxygen atoms in total. The molecular weight excluding hydrogens is 533 g/mol. The highest BCUT2D eigenvalue weighted by molar-refractivity contribution is 7.92. The number of rotatable bonds is 13. The summed E-state index contributed by atoms with van der Waals surface area (Å²) >= 11 is 12.6. The standard InChI is InChI=1S/C27H37Cl2N3O4S/c1-6-19(3)30-27(34)24(7-2)31(18-21-12-8-9-13-23(21)29)26(33)16-11-17-32(37(5,35)36)25-15-10-14-22(28)20(25)4/h8-10,12-15,19,24H,6-7,11,16-18H2,1-5H3,(H,30,34)/t19-,24+/m0/s1. The second-order valence-corrected chi connectivity index (χ2v) is 11.9. The van der Waals surface area contributed by atoms with E-state index in [4.69, 9.17) is 23.2 Å². The molecule has 2 aromatic rings. The van der Waals surface area contributed by atoms with Gasteiger partial charge in [0.15, 0.2) is 0 Å². The lowest BCUT2D eigenvalue weighted by molar-refractivity contribution is -0.141. The summed E-state index contributed by atoms with van der Waals surface area (Å²) in [5, 5.41) is 3.95. The highest BCUT2D eigenvalue weighted by Gasteiger charge is 2.30. The summed E-state index contributed by atoms with van der Waals surface area (Å²) in [6.45, 7) is 7.79. The Kier molecular flexibility index (Phi) is 11.7. The highest BCUT2D eigenvalue weighted by atomic mass is 35.5. The molecule has 0 heterocycles. The van der Waals surface area contributed by atoms with Gasteiger partial charge in [-0.1, -0.05) is 61.3 Å². The molecule has 10 heteroatoms. The van der Waals surface area contributed by atoms with Gasteiger partial charge in [0.05, 0.1) is 11.9 Å². The van der Waals surface area contributed by atoms with E-state index < -0.39 is 16.1 Å². The maximum Gasteiger partial charge on any atom is 0.243 e. The molecule has 2 aromatic carbocycles. The molecule has 0 bridgehead atoms. The van der Waals surface area contributed by atoms with Gasteiger partial charge < -0.3 is 10.2 Å². The van der Waals surface area contributed by atoms with Gasteiger partial charge in [0.2, 0.25) is 21.8 Å². The SMILES string of the molecule is CC[C@H](C(=O)N[C@@H](C)CC)N(Cc1ccccc1Cl)C(=O)CCCN(c1cccc(Cl)c1C)S(C)(=O)=O. The number of hydrogen-bond acceptors (Lipinski definition) is 4. The van der Waals surface area contributed by atoms with E-state index in [1.54, 1.807) is 36.1 Å². The third-order valence-electron chi connectivity index (χ3n) is 6.35. The molecule has 0 aliphatic rings. The molecule has 2 rings (SSSR count). The number of halogens is 2. The number of hydrogen-bond donors (Lipinski definition) is 1. The fourth-order valence-corrected chi connectivity index (χ4v) is 5.40. The first-order valence-electron chi connectivity index (χ1n) is 12.5. The van der Waals surface area contributed by atoms with Crippen LogP contribution in [0.3, 0.4) is 0 Å². The van der Waals surface area contributed by atoms with Crippen LogP contribution in [0.15, 0.2) is 42.5 Å². The Morgan fingerprint density at radius 2 is 1.65 bits per heavy atom. The third-order valence-corrected chi connectivity index (χ3v) is 8.30. The molecule has 0 spiro atoms. The fraction of sp³-hybridized carbons (Fsp3) is 0.481. The Morgan fingerprint density at radius 1 is 1.00 bits per heavy atom. The van der Waals surface area contributed by atoms with Gasteiger partial charge in [-0.2, -0.15) is 0 Å². The smallest absolute Gasteiger partial charge is 0.243 e. The molecule has 0 aliphatic heterocycles. The summed E-state index contributed by atoms with van der Waals surface area (Å²) in [5.74, 6) is -0.466. The van der Waals surface area contributed by atoms with Crippen LogP contribution >= 0.6 is 23.2 Å². The second-order valence-electron chi connectivity index (χ2n) is 9.18. The number of amides is 2. The Labute approximate surface area is 231 Å². The van der Waals surface area contributed by atoms with Crippen molar-refractivity contribution in [1.29, 1.82) is 0 Å². The van der Waals surface area contributed by atoms with Crippen molar-refractivity contribution in [3.05, 3.63) is 63.6 Å². The van der Waals surface area contributed by atoms with Crippen molar-refractivity contribution in [3.63, 3.8) is 0 Å². The normalized spacial score (nSPS) is 13.1. The van der Waals surface area contributed by atoms with Crippen LogP contribution in [0, 0.1) is 6.92 Å². The average molecular weight is 571 g/mol. The Hall–Kier alpha value is -2.29. The summed E-state index contributed by atoms with van der Waals surface area (Å²) in [6, 6.07) is 11.6. The van der Waals surface area contributed by atoms with Crippen LogP contribution in [0.5, 0.6) is 0 Å². The molecule has 0 saturated heterocycles. The van der Waals surface area contributed by atoms with E-state index >= 15 is 0 Å². The lowest BCUT2D eigenvalue weighted by Crippen LogP contribution is -2.50. The summed E-state index contributed by atoms with van der Waals surface area (Å²) in [5.41, 5.74) is 1.86. The number of nitrogens with one attached hydrogen (secondary N) is 1. The van der Waals surface area contributed by atoms with Crippen molar-refractivity contribution in [3.8, 4) is 0 Å². The minimum Gasteiger partial charge on any atom is -0.352 e. The van der Waals surface area contributed by atoms with Crippen molar-refractivity contribution in [1.82, 2.24) is 10.2 Å². The van der Waals surface area contributed by atoms with Crippen molar-refractivity contribution < 1.29 is 18.0 Å². The quantitative estimate of drug-likeness (QED) is 0.341. The van der Waals surface area contributed by atoms with Crippen LogP contribution in [-0.4, -0.2) is 50.0 Å². The Bertz CT molecular complexity index is 1190. The second kappa shape index (κ2) is 14.0. The first-order chi connectivity index (χ1) is 17.4. The Balaban J connectivity index is 2.27. The van der Waals surface area contributed by atoms with E-state index in [0.29, 0.717) is 27.7 Å². The number of benzene rings is 2. The van der Waals surface area contributed by atoms with Crippen LogP contribution in [0.4, 0.5) is 5.69 Å². The third kappa shape index (κ3) is 8.62.